The maximum Gasteiger partial charge on any atom is 1.00 e. The zero-order valence-corrected chi connectivity index (χ0v) is 11.3. The average molecular weight is 194 g/mol. The first-order valence-electron chi connectivity index (χ1n) is 2.13. The number of hydrogen-bond acceptors (Lipinski definition) is 5. The first kappa shape index (κ1) is 18.2. The van der Waals surface area contributed by atoms with Crippen molar-refractivity contribution in [3.8, 4) is 0 Å². The predicted molar refractivity (Wildman–Crippen MR) is 27.4 cm³/mol. The van der Waals surface area contributed by atoms with Crippen molar-refractivity contribution < 1.29 is 78.9 Å². The Balaban J connectivity index is -0.000000320. The molecule has 7 heteroatoms. The molecule has 0 spiro atoms. The molecular formula is C4H4Na2O4S. The number of carboxylic acids is 2. The second-order valence-corrected chi connectivity index (χ2v) is 2.03. The number of rotatable bonds is 3. The first-order chi connectivity index (χ1) is 4.04. The molecule has 0 fully saturated rings. The fourth-order valence-corrected chi connectivity index (χ4v) is 0.390. The SMILES string of the molecule is O=C([O-])C[C@H](S)C(=O)[O-].[Na+].[Na+]. The van der Waals surface area contributed by atoms with Gasteiger partial charge in [0, 0.05) is 17.6 Å². The molecule has 0 aliphatic rings. The molecule has 4 nitrogen and oxygen atoms in total. The minimum Gasteiger partial charge on any atom is -0.550 e. The Morgan fingerprint density at radius 3 is 1.73 bits per heavy atom. The van der Waals surface area contributed by atoms with E-state index in [1.165, 1.54) is 0 Å². The summed E-state index contributed by atoms with van der Waals surface area (Å²) in [5.74, 6) is -2.94. The van der Waals surface area contributed by atoms with Crippen molar-refractivity contribution in [1.82, 2.24) is 0 Å². The Morgan fingerprint density at radius 1 is 1.27 bits per heavy atom. The van der Waals surface area contributed by atoms with Crippen LogP contribution in [0.1, 0.15) is 6.42 Å². The van der Waals surface area contributed by atoms with Gasteiger partial charge in [-0.25, -0.2) is 0 Å². The standard InChI is InChI=1S/C4H6O4S.2Na/c5-3(6)1-2(9)4(7)8;;/h2,9H,1H2,(H,5,6)(H,7,8);;/q;2*+1/p-2/t2-;;/m0../s1. The minimum atomic E-state index is -1.50. The second kappa shape index (κ2) is 9.38. The van der Waals surface area contributed by atoms with Gasteiger partial charge in [0.25, 0.3) is 0 Å². The molecule has 52 valence electrons. The molecule has 0 aromatic heterocycles. The van der Waals surface area contributed by atoms with E-state index in [4.69, 9.17) is 0 Å². The van der Waals surface area contributed by atoms with Gasteiger partial charge in [0.15, 0.2) is 0 Å². The summed E-state index contributed by atoms with van der Waals surface area (Å²) >= 11 is 3.38. The monoisotopic (exact) mass is 194 g/mol. The molecule has 0 bridgehead atoms. The molecule has 0 saturated carbocycles. The van der Waals surface area contributed by atoms with Gasteiger partial charge in [-0.15, -0.1) is 0 Å². The van der Waals surface area contributed by atoms with Gasteiger partial charge in [0.2, 0.25) is 0 Å². The van der Waals surface area contributed by atoms with Crippen LogP contribution in [0.25, 0.3) is 0 Å². The molecule has 0 aliphatic carbocycles. The zero-order chi connectivity index (χ0) is 7.44. The van der Waals surface area contributed by atoms with E-state index in [-0.39, 0.29) is 59.1 Å². The number of hydrogen-bond donors (Lipinski definition) is 1. The fraction of sp³-hybridized carbons (Fsp3) is 0.500. The van der Waals surface area contributed by atoms with Crippen molar-refractivity contribution in [2.24, 2.45) is 0 Å². The van der Waals surface area contributed by atoms with Gasteiger partial charge in [-0.3, -0.25) is 0 Å². The van der Waals surface area contributed by atoms with Gasteiger partial charge in [-0.05, 0) is 0 Å². The van der Waals surface area contributed by atoms with Crippen molar-refractivity contribution >= 4 is 24.6 Å². The molecule has 0 amide bonds. The first-order valence-corrected chi connectivity index (χ1v) is 2.64. The van der Waals surface area contributed by atoms with Crippen molar-refractivity contribution in [3.63, 3.8) is 0 Å². The van der Waals surface area contributed by atoms with Gasteiger partial charge in [-0.1, -0.05) is 0 Å². The van der Waals surface area contributed by atoms with Crippen LogP contribution in [-0.2, 0) is 9.59 Å². The molecule has 0 saturated heterocycles. The van der Waals surface area contributed by atoms with Crippen LogP contribution >= 0.6 is 12.6 Å². The van der Waals surface area contributed by atoms with Gasteiger partial charge in [0.1, 0.15) is 0 Å². The van der Waals surface area contributed by atoms with Crippen LogP contribution < -0.4 is 69.3 Å². The third-order valence-corrected chi connectivity index (χ3v) is 1.03. The molecule has 0 heterocycles. The van der Waals surface area contributed by atoms with Crippen molar-refractivity contribution in [1.29, 1.82) is 0 Å². The van der Waals surface area contributed by atoms with Gasteiger partial charge < -0.3 is 19.8 Å². The summed E-state index contributed by atoms with van der Waals surface area (Å²) in [6.07, 6.45) is -0.620. The molecule has 0 N–H and O–H groups in total. The number of carbonyl (C=O) groups excluding carboxylic acids is 2. The molecule has 11 heavy (non-hydrogen) atoms. The molecule has 1 atom stereocenters. The van der Waals surface area contributed by atoms with E-state index in [1.807, 2.05) is 0 Å². The maximum atomic E-state index is 9.76. The molecule has 0 aromatic rings. The van der Waals surface area contributed by atoms with E-state index in [0.29, 0.717) is 0 Å². The Morgan fingerprint density at radius 2 is 1.64 bits per heavy atom. The third-order valence-electron chi connectivity index (χ3n) is 0.632. The van der Waals surface area contributed by atoms with E-state index in [2.05, 4.69) is 12.6 Å². The molecule has 0 aromatic carbocycles. The molecular weight excluding hydrogens is 190 g/mol. The van der Waals surface area contributed by atoms with Gasteiger partial charge in [-0.2, -0.15) is 12.6 Å². The van der Waals surface area contributed by atoms with Crippen LogP contribution in [0.2, 0.25) is 0 Å². The third kappa shape index (κ3) is 11.3. The smallest absolute Gasteiger partial charge is 0.550 e. The van der Waals surface area contributed by atoms with Crippen molar-refractivity contribution in [3.05, 3.63) is 0 Å². The fourth-order valence-electron chi connectivity index (χ4n) is 0.241. The molecule has 0 unspecified atom stereocenters. The largest absolute Gasteiger partial charge is 1.00 e. The number of carboxylic acid groups (broad SMARTS) is 2. The van der Waals surface area contributed by atoms with Crippen LogP contribution in [0.5, 0.6) is 0 Å². The van der Waals surface area contributed by atoms with E-state index in [0.717, 1.165) is 0 Å². The van der Waals surface area contributed by atoms with Crippen molar-refractivity contribution in [2.75, 3.05) is 0 Å². The molecule has 0 rings (SSSR count). The normalized spacial score (nSPS) is 10.3. The topological polar surface area (TPSA) is 80.3 Å². The Labute approximate surface area is 114 Å². The Kier molecular flexibility index (Phi) is 15.5. The predicted octanol–water partition coefficient (Wildman–Crippen LogP) is -8.82. The zero-order valence-electron chi connectivity index (χ0n) is 6.36. The van der Waals surface area contributed by atoms with E-state index in [9.17, 15) is 19.8 Å². The summed E-state index contributed by atoms with van der Waals surface area (Å²) in [6.45, 7) is 0. The van der Waals surface area contributed by atoms with Crippen LogP contribution in [0, 0.1) is 0 Å². The Hall–Kier alpha value is 1.29. The number of thiol groups is 1. The summed E-state index contributed by atoms with van der Waals surface area (Å²) in [5.41, 5.74) is 0. The van der Waals surface area contributed by atoms with Crippen LogP contribution in [0.3, 0.4) is 0 Å². The molecule has 0 radical (unpaired) electrons. The van der Waals surface area contributed by atoms with E-state index >= 15 is 0 Å². The summed E-state index contributed by atoms with van der Waals surface area (Å²) in [6, 6.07) is 0. The van der Waals surface area contributed by atoms with Crippen molar-refractivity contribution in [2.45, 2.75) is 11.7 Å². The van der Waals surface area contributed by atoms with E-state index in [1.54, 1.807) is 0 Å². The number of carbonyl (C=O) groups is 2. The number of aliphatic carboxylic acids is 2. The maximum absolute atomic E-state index is 9.76. The summed E-state index contributed by atoms with van der Waals surface area (Å²) in [4.78, 5) is 19.4. The van der Waals surface area contributed by atoms with Crippen LogP contribution in [-0.4, -0.2) is 17.2 Å². The summed E-state index contributed by atoms with van der Waals surface area (Å²) in [7, 11) is 0. The quantitative estimate of drug-likeness (QED) is 0.357. The summed E-state index contributed by atoms with van der Waals surface area (Å²) < 4.78 is 0. The van der Waals surface area contributed by atoms with Crippen LogP contribution in [0.15, 0.2) is 0 Å². The van der Waals surface area contributed by atoms with Gasteiger partial charge in [0.05, 0.1) is 5.97 Å². The van der Waals surface area contributed by atoms with E-state index < -0.39 is 23.6 Å². The average Bonchev–Trinajstić information content (AvgIpc) is 1.63. The Bertz CT molecular complexity index is 140. The van der Waals surface area contributed by atoms with Gasteiger partial charge >= 0.3 is 59.1 Å². The second-order valence-electron chi connectivity index (χ2n) is 1.41. The molecule has 0 aliphatic heterocycles. The minimum absolute atomic E-state index is 0. The van der Waals surface area contributed by atoms with Crippen LogP contribution in [0.4, 0.5) is 0 Å². The summed E-state index contributed by atoms with van der Waals surface area (Å²) in [5, 5.41) is 18.2.